The Labute approximate surface area is 472 Å². The molecule has 0 amide bonds. The third kappa shape index (κ3) is 6.68. The van der Waals surface area contributed by atoms with Crippen molar-refractivity contribution in [2.45, 2.75) is 0 Å². The Hall–Kier alpha value is -10.9. The molecule has 0 aliphatic heterocycles. The van der Waals surface area contributed by atoms with E-state index in [9.17, 15) is 0 Å². The van der Waals surface area contributed by atoms with Crippen molar-refractivity contribution in [1.82, 2.24) is 14.1 Å². The molecule has 0 atom stereocenters. The molecular formula is C79H47N3. The Bertz CT molecular complexity index is 5200. The first kappa shape index (κ1) is 45.0. The molecule has 0 aliphatic rings. The second-order valence-corrected chi connectivity index (χ2v) is 22.3. The molecule has 15 aromatic carbocycles. The summed E-state index contributed by atoms with van der Waals surface area (Å²) < 4.78 is 4.87. The Morgan fingerprint density at radius 2 is 0.537 bits per heavy atom. The summed E-state index contributed by atoms with van der Waals surface area (Å²) in [6.45, 7) is 0. The Morgan fingerprint density at radius 3 is 0.976 bits per heavy atom. The van der Waals surface area contributed by atoms with E-state index in [2.05, 4.69) is 282 Å². The van der Waals surface area contributed by atoms with E-state index >= 15 is 0 Å². The number of hydrogen-bond acceptors (Lipinski definition) is 1. The van der Waals surface area contributed by atoms with Crippen LogP contribution in [0.5, 0.6) is 0 Å². The van der Waals surface area contributed by atoms with Crippen molar-refractivity contribution in [1.29, 1.82) is 0 Å². The summed E-state index contributed by atoms with van der Waals surface area (Å²) in [5.41, 5.74) is 18.4. The first-order valence-corrected chi connectivity index (χ1v) is 28.3. The van der Waals surface area contributed by atoms with Gasteiger partial charge in [0.05, 0.1) is 22.1 Å². The zero-order valence-electron chi connectivity index (χ0n) is 44.5. The predicted molar refractivity (Wildman–Crippen MR) is 348 cm³/mol. The third-order valence-electron chi connectivity index (χ3n) is 17.8. The van der Waals surface area contributed by atoms with Crippen molar-refractivity contribution < 1.29 is 0 Å². The number of para-hydroxylation sites is 4. The van der Waals surface area contributed by atoms with Crippen molar-refractivity contribution in [2.24, 2.45) is 0 Å². The lowest BCUT2D eigenvalue weighted by atomic mass is 9.86. The van der Waals surface area contributed by atoms with Gasteiger partial charge in [-0.3, -0.25) is 4.98 Å². The van der Waals surface area contributed by atoms with Gasteiger partial charge in [0.15, 0.2) is 0 Å². The van der Waals surface area contributed by atoms with E-state index in [1.807, 2.05) is 12.4 Å². The minimum atomic E-state index is 1.06. The van der Waals surface area contributed by atoms with E-state index in [1.165, 1.54) is 131 Å². The van der Waals surface area contributed by atoms with Gasteiger partial charge in [0.25, 0.3) is 0 Å². The monoisotopic (exact) mass is 1040 g/mol. The number of nitrogens with zero attached hydrogens (tertiary/aromatic N) is 3. The Morgan fingerprint density at radius 1 is 0.207 bits per heavy atom. The largest absolute Gasteiger partial charge is 0.309 e. The van der Waals surface area contributed by atoms with E-state index in [-0.39, 0.29) is 0 Å². The van der Waals surface area contributed by atoms with E-state index in [4.69, 9.17) is 4.98 Å². The van der Waals surface area contributed by atoms with Gasteiger partial charge in [-0.15, -0.1) is 0 Å². The van der Waals surface area contributed by atoms with Crippen molar-refractivity contribution in [3.63, 3.8) is 0 Å². The molecule has 82 heavy (non-hydrogen) atoms. The van der Waals surface area contributed by atoms with Gasteiger partial charge in [-0.25, -0.2) is 0 Å². The molecule has 3 nitrogen and oxygen atoms in total. The maximum Gasteiger partial charge on any atom is 0.0541 e. The standard InChI is InChI=1S/C79H47N3/c1-5-19-72-66(15-1)67-16-2-6-20-73(67)81(72)62-43-57(44-63(45-62)82-74-21-7-3-17-68(74)69-18-4-8-22-75(69)82)48-23-25-49(26-24-48)60-42-61(47-80-46-60)56-39-58(64-35-31-54-29-27-50-11-9-13-52-33-37-70(64)78(54)76(50)52)41-59(40-56)65-36-32-55-30-28-51-12-10-14-53-34-38-71(65)79(55)77(51)53/h1-47H. The molecule has 3 aromatic heterocycles. The van der Waals surface area contributed by atoms with Crippen LogP contribution in [0.3, 0.4) is 0 Å². The van der Waals surface area contributed by atoms with E-state index in [1.54, 1.807) is 0 Å². The fraction of sp³-hybridized carbons (Fsp3) is 0. The highest BCUT2D eigenvalue weighted by molar-refractivity contribution is 6.27. The van der Waals surface area contributed by atoms with Crippen LogP contribution in [0.25, 0.3) is 175 Å². The van der Waals surface area contributed by atoms with Crippen LogP contribution < -0.4 is 0 Å². The van der Waals surface area contributed by atoms with Gasteiger partial charge in [-0.05, 0) is 176 Å². The second kappa shape index (κ2) is 17.3. The third-order valence-corrected chi connectivity index (χ3v) is 17.8. The molecule has 18 rings (SSSR count). The van der Waals surface area contributed by atoms with Gasteiger partial charge in [0.1, 0.15) is 0 Å². The zero-order valence-corrected chi connectivity index (χ0v) is 44.5. The molecule has 0 spiro atoms. The minimum Gasteiger partial charge on any atom is -0.309 e. The number of hydrogen-bond donors (Lipinski definition) is 0. The highest BCUT2D eigenvalue weighted by Gasteiger charge is 2.20. The highest BCUT2D eigenvalue weighted by atomic mass is 15.0. The number of aromatic nitrogens is 3. The zero-order chi connectivity index (χ0) is 53.6. The number of pyridine rings is 1. The summed E-state index contributed by atoms with van der Waals surface area (Å²) >= 11 is 0. The van der Waals surface area contributed by atoms with Gasteiger partial charge < -0.3 is 9.13 Å². The maximum absolute atomic E-state index is 5.01. The molecule has 378 valence electrons. The number of rotatable bonds is 7. The lowest BCUT2D eigenvalue weighted by Gasteiger charge is -2.18. The molecule has 0 radical (unpaired) electrons. The highest BCUT2D eigenvalue weighted by Crippen LogP contribution is 2.45. The van der Waals surface area contributed by atoms with Gasteiger partial charge in [0, 0.05) is 56.4 Å². The van der Waals surface area contributed by atoms with Gasteiger partial charge in [-0.2, -0.15) is 0 Å². The summed E-state index contributed by atoms with van der Waals surface area (Å²) in [6.07, 6.45) is 4.04. The molecule has 0 fully saturated rings. The molecule has 3 heteroatoms. The van der Waals surface area contributed by atoms with Crippen LogP contribution in [-0.2, 0) is 0 Å². The Balaban J connectivity index is 0.794. The fourth-order valence-electron chi connectivity index (χ4n) is 14.1. The molecule has 0 N–H and O–H groups in total. The van der Waals surface area contributed by atoms with Crippen LogP contribution in [-0.4, -0.2) is 14.1 Å². The van der Waals surface area contributed by atoms with Gasteiger partial charge in [0.2, 0.25) is 0 Å². The van der Waals surface area contributed by atoms with Crippen molar-refractivity contribution in [3.8, 4) is 67.0 Å². The molecule has 0 bridgehead atoms. The van der Waals surface area contributed by atoms with Crippen LogP contribution in [0.2, 0.25) is 0 Å². The average Bonchev–Trinajstić information content (AvgIpc) is 3.77. The molecule has 0 unspecified atom stereocenters. The van der Waals surface area contributed by atoms with Gasteiger partial charge in [-0.1, -0.05) is 206 Å². The lowest BCUT2D eigenvalue weighted by molar-refractivity contribution is 1.13. The van der Waals surface area contributed by atoms with Crippen LogP contribution in [0.4, 0.5) is 0 Å². The molecule has 0 aliphatic carbocycles. The predicted octanol–water partition coefficient (Wildman–Crippen LogP) is 21.4. The maximum atomic E-state index is 5.01. The average molecular weight is 1040 g/mol. The molecule has 18 aromatic rings. The second-order valence-electron chi connectivity index (χ2n) is 22.3. The summed E-state index contributed by atoms with van der Waals surface area (Å²) in [5.74, 6) is 0. The van der Waals surface area contributed by atoms with Gasteiger partial charge >= 0.3 is 0 Å². The first-order valence-electron chi connectivity index (χ1n) is 28.3. The molecule has 0 saturated heterocycles. The molecule has 0 saturated carbocycles. The number of benzene rings is 15. The van der Waals surface area contributed by atoms with E-state index < -0.39 is 0 Å². The summed E-state index contributed by atoms with van der Waals surface area (Å²) in [6, 6.07) is 102. The van der Waals surface area contributed by atoms with Crippen molar-refractivity contribution in [2.75, 3.05) is 0 Å². The topological polar surface area (TPSA) is 22.8 Å². The SMILES string of the molecule is c1cc2ccc3ccc(-c4cc(-c5cncc(-c6ccc(-c7cc(-n8c9ccccc9c9ccccc98)cc(-n8c9ccccc9c9ccccc98)c7)cc6)c5)cc(-c5ccc6ccc7cccc8ccc5c6c78)c4)c4ccc(c1)c2c34. The molecular weight excluding hydrogens is 991 g/mol. The van der Waals surface area contributed by atoms with E-state index in [0.717, 1.165) is 44.8 Å². The summed E-state index contributed by atoms with van der Waals surface area (Å²) in [4.78, 5) is 5.01. The number of fused-ring (bicyclic) bond motifs is 6. The summed E-state index contributed by atoms with van der Waals surface area (Å²) in [7, 11) is 0. The summed E-state index contributed by atoms with van der Waals surface area (Å²) in [5, 5.41) is 20.3. The lowest BCUT2D eigenvalue weighted by Crippen LogP contribution is -2.00. The van der Waals surface area contributed by atoms with Crippen LogP contribution in [0, 0.1) is 0 Å². The normalized spacial score (nSPS) is 12.1. The van der Waals surface area contributed by atoms with E-state index in [0.29, 0.717) is 0 Å². The smallest absolute Gasteiger partial charge is 0.0541 e. The first-order chi connectivity index (χ1) is 40.6. The van der Waals surface area contributed by atoms with Crippen molar-refractivity contribution in [3.05, 3.63) is 285 Å². The van der Waals surface area contributed by atoms with Crippen LogP contribution in [0.1, 0.15) is 0 Å². The molecule has 3 heterocycles. The fourth-order valence-corrected chi connectivity index (χ4v) is 14.1. The van der Waals surface area contributed by atoms with Crippen LogP contribution >= 0.6 is 0 Å². The Kier molecular flexibility index (Phi) is 9.51. The van der Waals surface area contributed by atoms with Crippen molar-refractivity contribution >= 4 is 108 Å². The minimum absolute atomic E-state index is 1.06. The quantitative estimate of drug-likeness (QED) is 0.146. The van der Waals surface area contributed by atoms with Crippen LogP contribution in [0.15, 0.2) is 285 Å².